The van der Waals surface area contributed by atoms with E-state index < -0.39 is 10.0 Å². The third kappa shape index (κ3) is 4.17. The Balaban J connectivity index is 1.63. The molecule has 1 aromatic heterocycles. The maximum absolute atomic E-state index is 12.6. The number of imidazole rings is 1. The Morgan fingerprint density at radius 2 is 1.78 bits per heavy atom. The molecule has 0 saturated heterocycles. The van der Waals surface area contributed by atoms with Crippen LogP contribution in [0.5, 0.6) is 0 Å². The zero-order valence-electron chi connectivity index (χ0n) is 15.5. The summed E-state index contributed by atoms with van der Waals surface area (Å²) in [4.78, 5) is 16.6. The SMILES string of the molecule is Cc1cc(C)c(S(=O)(=O)NCCC(=O)Nn2cnc3ccccc32)c(C)c1. The number of sulfonamides is 1. The lowest BCUT2D eigenvalue weighted by atomic mass is 10.1. The summed E-state index contributed by atoms with van der Waals surface area (Å²) in [5.74, 6) is -0.307. The second-order valence-electron chi connectivity index (χ2n) is 6.51. The maximum Gasteiger partial charge on any atom is 0.241 e. The van der Waals surface area contributed by atoms with Gasteiger partial charge in [0.05, 0.1) is 15.9 Å². The minimum atomic E-state index is -3.68. The van der Waals surface area contributed by atoms with Gasteiger partial charge in [-0.05, 0) is 44.0 Å². The Labute approximate surface area is 158 Å². The van der Waals surface area contributed by atoms with Gasteiger partial charge < -0.3 is 0 Å². The summed E-state index contributed by atoms with van der Waals surface area (Å²) >= 11 is 0. The number of nitrogens with one attached hydrogen (secondary N) is 2. The van der Waals surface area contributed by atoms with Crippen LogP contribution in [0.4, 0.5) is 0 Å². The highest BCUT2D eigenvalue weighted by Crippen LogP contribution is 2.21. The van der Waals surface area contributed by atoms with E-state index in [1.165, 1.54) is 11.0 Å². The number of carbonyl (C=O) groups is 1. The first-order valence-corrected chi connectivity index (χ1v) is 10.1. The number of nitrogens with zero attached hydrogens (tertiary/aromatic N) is 2. The Morgan fingerprint density at radius 1 is 1.11 bits per heavy atom. The fraction of sp³-hybridized carbons (Fsp3) is 0.263. The molecule has 0 bridgehead atoms. The topological polar surface area (TPSA) is 93.1 Å². The van der Waals surface area contributed by atoms with E-state index in [9.17, 15) is 13.2 Å². The molecule has 0 atom stereocenters. The second-order valence-corrected chi connectivity index (χ2v) is 8.22. The number of amides is 1. The van der Waals surface area contributed by atoms with E-state index in [4.69, 9.17) is 0 Å². The van der Waals surface area contributed by atoms with E-state index in [1.54, 1.807) is 13.8 Å². The van der Waals surface area contributed by atoms with Gasteiger partial charge >= 0.3 is 0 Å². The van der Waals surface area contributed by atoms with Crippen LogP contribution in [0.25, 0.3) is 11.0 Å². The van der Waals surface area contributed by atoms with Crippen molar-refractivity contribution < 1.29 is 13.2 Å². The fourth-order valence-corrected chi connectivity index (χ4v) is 4.68. The van der Waals surface area contributed by atoms with Gasteiger partial charge in [0.25, 0.3) is 0 Å². The lowest BCUT2D eigenvalue weighted by Crippen LogP contribution is -2.30. The van der Waals surface area contributed by atoms with Crippen LogP contribution < -0.4 is 10.1 Å². The average Bonchev–Trinajstić information content (AvgIpc) is 2.96. The van der Waals surface area contributed by atoms with Gasteiger partial charge in [-0.15, -0.1) is 0 Å². The number of aromatic nitrogens is 2. The van der Waals surface area contributed by atoms with Gasteiger partial charge in [0, 0.05) is 13.0 Å². The molecule has 0 radical (unpaired) electrons. The van der Waals surface area contributed by atoms with Crippen LogP contribution in [0, 0.1) is 20.8 Å². The zero-order chi connectivity index (χ0) is 19.6. The van der Waals surface area contributed by atoms with Crippen molar-refractivity contribution in [1.82, 2.24) is 14.4 Å². The Bertz CT molecular complexity index is 1080. The number of rotatable bonds is 6. The summed E-state index contributed by atoms with van der Waals surface area (Å²) in [7, 11) is -3.68. The van der Waals surface area contributed by atoms with E-state index in [0.29, 0.717) is 11.1 Å². The van der Waals surface area contributed by atoms with Crippen molar-refractivity contribution in [3.8, 4) is 0 Å². The van der Waals surface area contributed by atoms with E-state index in [0.717, 1.165) is 16.6 Å². The molecule has 1 heterocycles. The highest BCUT2D eigenvalue weighted by molar-refractivity contribution is 7.89. The summed E-state index contributed by atoms with van der Waals surface area (Å²) in [6.45, 7) is 5.47. The molecule has 0 aliphatic rings. The van der Waals surface area contributed by atoms with Crippen LogP contribution in [-0.4, -0.2) is 30.5 Å². The van der Waals surface area contributed by atoms with Gasteiger partial charge in [-0.25, -0.2) is 22.8 Å². The third-order valence-corrected chi connectivity index (χ3v) is 5.98. The van der Waals surface area contributed by atoms with Crippen molar-refractivity contribution in [3.05, 3.63) is 59.4 Å². The Kier molecular flexibility index (Phi) is 5.29. The van der Waals surface area contributed by atoms with Crippen molar-refractivity contribution in [2.75, 3.05) is 12.0 Å². The molecule has 3 rings (SSSR count). The van der Waals surface area contributed by atoms with Crippen molar-refractivity contribution in [2.24, 2.45) is 0 Å². The van der Waals surface area contributed by atoms with E-state index in [-0.39, 0.29) is 23.8 Å². The number of fused-ring (bicyclic) bond motifs is 1. The second kappa shape index (κ2) is 7.50. The molecule has 7 nitrogen and oxygen atoms in total. The molecule has 1 amide bonds. The first-order chi connectivity index (χ1) is 12.8. The predicted molar refractivity (Wildman–Crippen MR) is 105 cm³/mol. The smallest absolute Gasteiger partial charge is 0.241 e. The fourth-order valence-electron chi connectivity index (χ4n) is 3.20. The Morgan fingerprint density at radius 3 is 2.48 bits per heavy atom. The van der Waals surface area contributed by atoms with E-state index >= 15 is 0 Å². The van der Waals surface area contributed by atoms with Crippen LogP contribution in [-0.2, 0) is 14.8 Å². The van der Waals surface area contributed by atoms with Gasteiger partial charge in [0.2, 0.25) is 15.9 Å². The summed E-state index contributed by atoms with van der Waals surface area (Å²) in [6, 6.07) is 11.1. The highest BCUT2D eigenvalue weighted by Gasteiger charge is 2.19. The normalized spacial score (nSPS) is 11.7. The summed E-state index contributed by atoms with van der Waals surface area (Å²) in [6.07, 6.45) is 1.53. The van der Waals surface area contributed by atoms with Gasteiger partial charge in [-0.1, -0.05) is 29.8 Å². The highest BCUT2D eigenvalue weighted by atomic mass is 32.2. The van der Waals surface area contributed by atoms with E-state index in [2.05, 4.69) is 15.1 Å². The number of benzene rings is 2. The summed E-state index contributed by atoms with van der Waals surface area (Å²) < 4.78 is 29.2. The molecule has 142 valence electrons. The van der Waals surface area contributed by atoms with Crippen molar-refractivity contribution in [3.63, 3.8) is 0 Å². The molecular weight excluding hydrogens is 364 g/mol. The third-order valence-electron chi connectivity index (χ3n) is 4.22. The lowest BCUT2D eigenvalue weighted by molar-refractivity contribution is -0.116. The van der Waals surface area contributed by atoms with E-state index in [1.807, 2.05) is 43.3 Å². The summed E-state index contributed by atoms with van der Waals surface area (Å²) in [5.41, 5.74) is 6.63. The van der Waals surface area contributed by atoms with Crippen LogP contribution in [0.1, 0.15) is 23.1 Å². The van der Waals surface area contributed by atoms with Gasteiger partial charge in [0.1, 0.15) is 6.33 Å². The standard InChI is InChI=1S/C19H22N4O3S/c1-13-10-14(2)19(15(3)11-13)27(25,26)21-9-8-18(24)22-23-12-20-16-6-4-5-7-17(16)23/h4-7,10-12,21H,8-9H2,1-3H3,(H,22,24). The number of hydrogen-bond donors (Lipinski definition) is 2. The molecule has 3 aromatic rings. The van der Waals surface area contributed by atoms with Gasteiger partial charge in [0.15, 0.2) is 0 Å². The van der Waals surface area contributed by atoms with Crippen molar-refractivity contribution >= 4 is 27.0 Å². The number of hydrogen-bond acceptors (Lipinski definition) is 4. The number of carbonyl (C=O) groups excluding carboxylic acids is 1. The Hall–Kier alpha value is -2.71. The first kappa shape index (κ1) is 19.1. The zero-order valence-corrected chi connectivity index (χ0v) is 16.3. The molecule has 0 aliphatic carbocycles. The first-order valence-electron chi connectivity index (χ1n) is 8.57. The number of para-hydroxylation sites is 2. The van der Waals surface area contributed by atoms with Gasteiger partial charge in [-0.3, -0.25) is 10.2 Å². The summed E-state index contributed by atoms with van der Waals surface area (Å²) in [5, 5.41) is 0. The molecule has 0 spiro atoms. The molecule has 8 heteroatoms. The van der Waals surface area contributed by atoms with Crippen molar-refractivity contribution in [1.29, 1.82) is 0 Å². The molecule has 2 N–H and O–H groups in total. The van der Waals surface area contributed by atoms with Crippen molar-refractivity contribution in [2.45, 2.75) is 32.1 Å². The molecule has 0 fully saturated rings. The monoisotopic (exact) mass is 386 g/mol. The van der Waals surface area contributed by atoms with Crippen LogP contribution >= 0.6 is 0 Å². The minimum Gasteiger partial charge on any atom is -0.273 e. The predicted octanol–water partition coefficient (Wildman–Crippen LogP) is 2.40. The van der Waals surface area contributed by atoms with Gasteiger partial charge in [-0.2, -0.15) is 0 Å². The minimum absolute atomic E-state index is 0.00749. The molecule has 0 unspecified atom stereocenters. The number of aryl methyl sites for hydroxylation is 3. The van der Waals surface area contributed by atoms with Crippen LogP contribution in [0.2, 0.25) is 0 Å². The maximum atomic E-state index is 12.6. The molecule has 0 saturated carbocycles. The lowest BCUT2D eigenvalue weighted by Gasteiger charge is -2.13. The molecule has 0 aliphatic heterocycles. The molecule has 2 aromatic carbocycles. The molecule has 27 heavy (non-hydrogen) atoms. The average molecular weight is 386 g/mol. The quantitative estimate of drug-likeness (QED) is 0.680. The largest absolute Gasteiger partial charge is 0.273 e. The molecular formula is C19H22N4O3S. The van der Waals surface area contributed by atoms with Crippen LogP contribution in [0.15, 0.2) is 47.6 Å². The van der Waals surface area contributed by atoms with Crippen LogP contribution in [0.3, 0.4) is 0 Å².